The van der Waals surface area contributed by atoms with Gasteiger partial charge in [0.15, 0.2) is 5.82 Å². The molecule has 8 nitrogen and oxygen atoms in total. The first kappa shape index (κ1) is 26.8. The van der Waals surface area contributed by atoms with Gasteiger partial charge in [-0.3, -0.25) is 14.7 Å². The Morgan fingerprint density at radius 2 is 1.79 bits per heavy atom. The summed E-state index contributed by atoms with van der Waals surface area (Å²) in [5.41, 5.74) is 2.18. The van der Waals surface area contributed by atoms with Gasteiger partial charge in [0.25, 0.3) is 0 Å². The summed E-state index contributed by atoms with van der Waals surface area (Å²) in [6.07, 6.45) is 9.44. The summed E-state index contributed by atoms with van der Waals surface area (Å²) in [4.78, 5) is 31.0. The molecule has 6 heterocycles. The minimum atomic E-state index is -0.463. The second-order valence-electron chi connectivity index (χ2n) is 12.9. The number of aromatic nitrogens is 3. The molecule has 1 spiro atoms. The Morgan fingerprint density at radius 3 is 2.56 bits per heavy atom. The average Bonchev–Trinajstić information content (AvgIpc) is 3.60. The second kappa shape index (κ2) is 10.1. The number of hydrogen-bond donors (Lipinski definition) is 1. The summed E-state index contributed by atoms with van der Waals surface area (Å²) in [6.45, 7) is 6.19. The van der Waals surface area contributed by atoms with E-state index in [1.165, 1.54) is 12.8 Å². The highest BCUT2D eigenvalue weighted by molar-refractivity contribution is 6.00. The number of piperidine rings is 1. The van der Waals surface area contributed by atoms with Gasteiger partial charge in [0.05, 0.1) is 22.9 Å². The van der Waals surface area contributed by atoms with E-state index >= 15 is 4.39 Å². The Labute approximate surface area is 250 Å². The molecule has 0 aliphatic carbocycles. The van der Waals surface area contributed by atoms with Crippen molar-refractivity contribution in [3.8, 4) is 17.3 Å². The topological polar surface area (TPSA) is 83.5 Å². The predicted molar refractivity (Wildman–Crippen MR) is 165 cm³/mol. The van der Waals surface area contributed by atoms with Crippen molar-refractivity contribution in [3.63, 3.8) is 0 Å². The zero-order chi connectivity index (χ0) is 29.2. The Kier molecular flexibility index (Phi) is 6.29. The van der Waals surface area contributed by atoms with Gasteiger partial charge in [0.2, 0.25) is 5.91 Å². The van der Waals surface area contributed by atoms with Crippen LogP contribution in [0.25, 0.3) is 32.9 Å². The van der Waals surface area contributed by atoms with Crippen molar-refractivity contribution in [2.45, 2.75) is 69.4 Å². The fourth-order valence-electron chi connectivity index (χ4n) is 8.23. The van der Waals surface area contributed by atoms with Crippen LogP contribution in [0.15, 0.2) is 42.6 Å². The van der Waals surface area contributed by atoms with E-state index in [1.807, 2.05) is 18.2 Å². The van der Waals surface area contributed by atoms with Crippen molar-refractivity contribution in [2.24, 2.45) is 0 Å². The van der Waals surface area contributed by atoms with Crippen molar-refractivity contribution in [1.82, 2.24) is 25.2 Å². The minimum Gasteiger partial charge on any atom is -0.461 e. The molecule has 0 radical (unpaired) electrons. The van der Waals surface area contributed by atoms with Gasteiger partial charge in [-0.15, -0.1) is 0 Å². The van der Waals surface area contributed by atoms with Gasteiger partial charge >= 0.3 is 6.01 Å². The van der Waals surface area contributed by atoms with Crippen LogP contribution in [0.4, 0.5) is 10.2 Å². The number of nitrogens with one attached hydrogen (secondary N) is 1. The molecule has 4 aromatic rings. The lowest BCUT2D eigenvalue weighted by Crippen LogP contribution is -2.68. The predicted octanol–water partition coefficient (Wildman–Crippen LogP) is 5.41. The fourth-order valence-corrected chi connectivity index (χ4v) is 8.23. The van der Waals surface area contributed by atoms with Crippen molar-refractivity contribution >= 4 is 33.4 Å². The summed E-state index contributed by atoms with van der Waals surface area (Å²) < 4.78 is 23.2. The standard InChI is InChI=1S/C34H37FN6O2/c1-2-22-8-3-9-23-10-4-11-24(27(22)23)29-28(35)30-25(19-36-29)31(40-15-5-12-33(20-40)18-26(42)39-33)38-32(37-30)43-21-34-13-6-16-41(34)17-7-14-34/h3-4,8-11,19H,2,5-7,12-18,20-21H2,1H3,(H,39,42). The molecule has 1 amide bonds. The molecule has 0 bridgehead atoms. The lowest BCUT2D eigenvalue weighted by molar-refractivity contribution is -0.133. The maximum atomic E-state index is 16.8. The molecule has 0 saturated carbocycles. The number of benzene rings is 2. The number of pyridine rings is 1. The van der Waals surface area contributed by atoms with Gasteiger partial charge < -0.3 is 15.0 Å². The number of fused-ring (bicyclic) bond motifs is 3. The van der Waals surface area contributed by atoms with Gasteiger partial charge in [-0.2, -0.15) is 9.97 Å². The largest absolute Gasteiger partial charge is 0.461 e. The zero-order valence-corrected chi connectivity index (χ0v) is 24.7. The molecule has 4 fully saturated rings. The molecule has 4 aliphatic heterocycles. The first-order chi connectivity index (χ1) is 21.0. The molecule has 2 aromatic carbocycles. The SMILES string of the molecule is CCc1cccc2cccc(-c3ncc4c(N5CCCC6(CC(=O)N6)C5)nc(OCC56CCCN5CCC6)nc4c3F)c12. The van der Waals surface area contributed by atoms with Gasteiger partial charge in [0, 0.05) is 24.8 Å². The Morgan fingerprint density at radius 1 is 1.02 bits per heavy atom. The van der Waals surface area contributed by atoms with E-state index < -0.39 is 5.82 Å². The van der Waals surface area contributed by atoms with Crippen LogP contribution in [-0.4, -0.2) is 69.6 Å². The fraction of sp³-hybridized carbons (Fsp3) is 0.471. The first-order valence-corrected chi connectivity index (χ1v) is 15.8. The van der Waals surface area contributed by atoms with Crippen LogP contribution in [-0.2, 0) is 11.2 Å². The summed E-state index contributed by atoms with van der Waals surface area (Å²) in [5, 5.41) is 5.77. The number of ether oxygens (including phenoxy) is 1. The van der Waals surface area contributed by atoms with Crippen LogP contribution < -0.4 is 15.0 Å². The lowest BCUT2D eigenvalue weighted by atomic mass is 9.80. The van der Waals surface area contributed by atoms with Crippen LogP contribution in [0.2, 0.25) is 0 Å². The molecule has 222 valence electrons. The van der Waals surface area contributed by atoms with Crippen molar-refractivity contribution < 1.29 is 13.9 Å². The summed E-state index contributed by atoms with van der Waals surface area (Å²) >= 11 is 0. The number of anilines is 1. The van der Waals surface area contributed by atoms with E-state index in [2.05, 4.69) is 40.2 Å². The number of halogens is 1. The third-order valence-electron chi connectivity index (χ3n) is 10.3. The van der Waals surface area contributed by atoms with Gasteiger partial charge in [-0.1, -0.05) is 43.3 Å². The Balaban J connectivity index is 1.25. The molecule has 8 rings (SSSR count). The Hall–Kier alpha value is -3.85. The smallest absolute Gasteiger partial charge is 0.319 e. The molecule has 2 aromatic heterocycles. The number of rotatable bonds is 6. The first-order valence-electron chi connectivity index (χ1n) is 15.8. The maximum absolute atomic E-state index is 16.8. The van der Waals surface area contributed by atoms with E-state index in [0.29, 0.717) is 30.8 Å². The van der Waals surface area contributed by atoms with Crippen molar-refractivity contribution in [1.29, 1.82) is 0 Å². The molecule has 1 unspecified atom stereocenters. The van der Waals surface area contributed by atoms with E-state index in [9.17, 15) is 4.79 Å². The average molecular weight is 581 g/mol. The highest BCUT2D eigenvalue weighted by Crippen LogP contribution is 2.41. The van der Waals surface area contributed by atoms with Crippen LogP contribution >= 0.6 is 0 Å². The molecule has 9 heteroatoms. The van der Waals surface area contributed by atoms with Crippen LogP contribution in [0.1, 0.15) is 57.4 Å². The van der Waals surface area contributed by atoms with Crippen molar-refractivity contribution in [2.75, 3.05) is 37.7 Å². The molecule has 4 saturated heterocycles. The monoisotopic (exact) mass is 580 g/mol. The van der Waals surface area contributed by atoms with E-state index in [1.54, 1.807) is 6.20 Å². The second-order valence-corrected chi connectivity index (χ2v) is 12.9. The van der Waals surface area contributed by atoms with E-state index in [0.717, 1.165) is 73.6 Å². The number of aryl methyl sites for hydroxylation is 1. The van der Waals surface area contributed by atoms with Gasteiger partial charge in [-0.25, -0.2) is 4.39 Å². The van der Waals surface area contributed by atoms with Crippen LogP contribution in [0.5, 0.6) is 6.01 Å². The third kappa shape index (κ3) is 4.34. The third-order valence-corrected chi connectivity index (χ3v) is 10.3. The van der Waals surface area contributed by atoms with Crippen LogP contribution in [0.3, 0.4) is 0 Å². The van der Waals surface area contributed by atoms with E-state index in [-0.39, 0.29) is 34.2 Å². The molecule has 1 N–H and O–H groups in total. The number of amides is 1. The molecule has 1 atom stereocenters. The zero-order valence-electron chi connectivity index (χ0n) is 24.7. The number of nitrogens with zero attached hydrogens (tertiary/aromatic N) is 5. The summed E-state index contributed by atoms with van der Waals surface area (Å²) in [5.74, 6) is 0.237. The van der Waals surface area contributed by atoms with Crippen molar-refractivity contribution in [3.05, 3.63) is 54.0 Å². The van der Waals surface area contributed by atoms with Crippen LogP contribution in [0, 0.1) is 5.82 Å². The normalized spacial score (nSPS) is 23.1. The summed E-state index contributed by atoms with van der Waals surface area (Å²) in [6, 6.07) is 12.4. The number of hydrogen-bond acceptors (Lipinski definition) is 7. The lowest BCUT2D eigenvalue weighted by Gasteiger charge is -2.49. The minimum absolute atomic E-state index is 0.0192. The highest BCUT2D eigenvalue weighted by Gasteiger charge is 2.47. The summed E-state index contributed by atoms with van der Waals surface area (Å²) in [7, 11) is 0. The number of carbonyl (C=O) groups excluding carboxylic acids is 1. The molecular formula is C34H37FN6O2. The maximum Gasteiger partial charge on any atom is 0.319 e. The highest BCUT2D eigenvalue weighted by atomic mass is 19.1. The van der Waals surface area contributed by atoms with E-state index in [4.69, 9.17) is 19.7 Å². The molecular weight excluding hydrogens is 543 g/mol. The quantitative estimate of drug-likeness (QED) is 0.305. The molecule has 4 aliphatic rings. The van der Waals surface area contributed by atoms with Gasteiger partial charge in [-0.05, 0) is 74.4 Å². The molecule has 43 heavy (non-hydrogen) atoms. The van der Waals surface area contributed by atoms with Gasteiger partial charge in [0.1, 0.15) is 23.6 Å². The number of carbonyl (C=O) groups is 1. The number of β-lactam (4-membered cyclic amide) rings is 1. The Bertz CT molecular complexity index is 1740.